The summed E-state index contributed by atoms with van der Waals surface area (Å²) in [5.74, 6) is 2.38. The Labute approximate surface area is 259 Å². The van der Waals surface area contributed by atoms with Crippen LogP contribution >= 0.6 is 0 Å². The highest BCUT2D eigenvalue weighted by Crippen LogP contribution is 2.37. The van der Waals surface area contributed by atoms with Crippen LogP contribution < -0.4 is 0 Å². The molecule has 0 aliphatic rings. The Balaban J connectivity index is 1.35. The van der Waals surface area contributed by atoms with Gasteiger partial charge >= 0.3 is 0 Å². The van der Waals surface area contributed by atoms with Crippen molar-refractivity contribution in [3.8, 4) is 67.9 Å². The van der Waals surface area contributed by atoms with Crippen molar-refractivity contribution >= 4 is 11.1 Å². The molecule has 0 atom stereocenters. The molecule has 3 aromatic heterocycles. The number of fused-ring (bicyclic) bond motifs is 1. The standard InChI is InChI=1S/C39H25N5O/c1-4-12-26(13-5-1)36-42-37(27-14-6-2-7-15-27)44-38(43-36)32-23-30(29-18-11-21-40-25-29)22-31(24-32)33-19-10-20-34-35(33)41-39(45-34)28-16-8-3-9-17-28/h1-25H. The number of hydrogen-bond donors (Lipinski definition) is 0. The molecule has 5 aromatic carbocycles. The molecule has 0 N–H and O–H groups in total. The van der Waals surface area contributed by atoms with E-state index in [1.165, 1.54) is 0 Å². The first kappa shape index (κ1) is 26.4. The fraction of sp³-hybridized carbons (Fsp3) is 0. The van der Waals surface area contributed by atoms with Crippen LogP contribution in [0.3, 0.4) is 0 Å². The van der Waals surface area contributed by atoms with Gasteiger partial charge in [-0.25, -0.2) is 19.9 Å². The van der Waals surface area contributed by atoms with Gasteiger partial charge in [0.1, 0.15) is 5.52 Å². The van der Waals surface area contributed by atoms with Crippen molar-refractivity contribution in [2.75, 3.05) is 0 Å². The van der Waals surface area contributed by atoms with Crippen molar-refractivity contribution < 1.29 is 4.42 Å². The van der Waals surface area contributed by atoms with E-state index in [9.17, 15) is 0 Å². The summed E-state index contributed by atoms with van der Waals surface area (Å²) in [7, 11) is 0. The van der Waals surface area contributed by atoms with E-state index in [4.69, 9.17) is 24.4 Å². The Kier molecular flexibility index (Phi) is 6.70. The van der Waals surface area contributed by atoms with Gasteiger partial charge in [-0.2, -0.15) is 0 Å². The monoisotopic (exact) mass is 579 g/mol. The lowest BCUT2D eigenvalue weighted by Gasteiger charge is -2.12. The molecule has 45 heavy (non-hydrogen) atoms. The van der Waals surface area contributed by atoms with E-state index in [2.05, 4.69) is 35.3 Å². The Morgan fingerprint density at radius 1 is 0.400 bits per heavy atom. The fourth-order valence-corrected chi connectivity index (χ4v) is 5.44. The summed E-state index contributed by atoms with van der Waals surface area (Å²) in [4.78, 5) is 24.2. The minimum atomic E-state index is 0.576. The maximum Gasteiger partial charge on any atom is 0.227 e. The number of rotatable bonds is 6. The molecular weight excluding hydrogens is 554 g/mol. The number of pyridine rings is 1. The molecule has 0 aliphatic heterocycles. The maximum atomic E-state index is 6.22. The lowest BCUT2D eigenvalue weighted by Crippen LogP contribution is -2.00. The first-order valence-electron chi connectivity index (χ1n) is 14.7. The SMILES string of the molecule is c1ccc(-c2nc(-c3ccccc3)nc(-c3cc(-c4cccnc4)cc(-c4cccc5oc(-c6ccccc6)nc45)c3)n2)cc1. The highest BCUT2D eigenvalue weighted by molar-refractivity contribution is 5.94. The van der Waals surface area contributed by atoms with Crippen molar-refractivity contribution in [2.45, 2.75) is 0 Å². The van der Waals surface area contributed by atoms with E-state index in [1.54, 1.807) is 6.20 Å². The molecule has 0 unspecified atom stereocenters. The van der Waals surface area contributed by atoms with Crippen LogP contribution in [0.1, 0.15) is 0 Å². The number of nitrogens with zero attached hydrogens (tertiary/aromatic N) is 5. The summed E-state index contributed by atoms with van der Waals surface area (Å²) >= 11 is 0. The molecule has 0 fully saturated rings. The van der Waals surface area contributed by atoms with E-state index in [1.807, 2.05) is 115 Å². The third-order valence-corrected chi connectivity index (χ3v) is 7.64. The van der Waals surface area contributed by atoms with Crippen molar-refractivity contribution in [3.05, 3.63) is 152 Å². The highest BCUT2D eigenvalue weighted by atomic mass is 16.3. The quantitative estimate of drug-likeness (QED) is 0.195. The predicted molar refractivity (Wildman–Crippen MR) is 178 cm³/mol. The van der Waals surface area contributed by atoms with Crippen LogP contribution in [-0.4, -0.2) is 24.9 Å². The van der Waals surface area contributed by atoms with Gasteiger partial charge in [0.05, 0.1) is 0 Å². The van der Waals surface area contributed by atoms with Gasteiger partial charge in [0.2, 0.25) is 5.89 Å². The molecule has 3 heterocycles. The Morgan fingerprint density at radius 2 is 0.956 bits per heavy atom. The van der Waals surface area contributed by atoms with Crippen molar-refractivity contribution in [3.63, 3.8) is 0 Å². The normalized spacial score (nSPS) is 11.1. The molecule has 0 saturated heterocycles. The third-order valence-electron chi connectivity index (χ3n) is 7.64. The lowest BCUT2D eigenvalue weighted by atomic mass is 9.95. The second kappa shape index (κ2) is 11.4. The van der Waals surface area contributed by atoms with E-state index >= 15 is 0 Å². The van der Waals surface area contributed by atoms with Crippen LogP contribution in [0.15, 0.2) is 156 Å². The molecule has 0 saturated carbocycles. The molecule has 6 nitrogen and oxygen atoms in total. The highest BCUT2D eigenvalue weighted by Gasteiger charge is 2.17. The summed E-state index contributed by atoms with van der Waals surface area (Å²) in [6.45, 7) is 0. The molecule has 0 spiro atoms. The van der Waals surface area contributed by atoms with E-state index in [0.29, 0.717) is 23.4 Å². The van der Waals surface area contributed by atoms with Gasteiger partial charge in [0.15, 0.2) is 23.1 Å². The van der Waals surface area contributed by atoms with Crippen LogP contribution in [0.5, 0.6) is 0 Å². The first-order valence-corrected chi connectivity index (χ1v) is 14.7. The Morgan fingerprint density at radius 3 is 1.58 bits per heavy atom. The summed E-state index contributed by atoms with van der Waals surface area (Å²) in [6, 6.07) is 46.3. The molecule has 0 amide bonds. The number of aromatic nitrogens is 5. The number of hydrogen-bond acceptors (Lipinski definition) is 6. The van der Waals surface area contributed by atoms with Gasteiger partial charge in [-0.3, -0.25) is 4.98 Å². The van der Waals surface area contributed by atoms with Gasteiger partial charge in [-0.1, -0.05) is 97.1 Å². The molecule has 8 rings (SSSR count). The predicted octanol–water partition coefficient (Wildman–Crippen LogP) is 9.41. The second-order valence-corrected chi connectivity index (χ2v) is 10.6. The summed E-state index contributed by atoms with van der Waals surface area (Å²) < 4.78 is 6.22. The summed E-state index contributed by atoms with van der Waals surface area (Å²) in [5, 5.41) is 0. The van der Waals surface area contributed by atoms with Gasteiger partial charge in [-0.15, -0.1) is 0 Å². The molecule has 8 aromatic rings. The molecule has 0 radical (unpaired) electrons. The molecule has 0 aliphatic carbocycles. The molecule has 0 bridgehead atoms. The van der Waals surface area contributed by atoms with Crippen LogP contribution in [-0.2, 0) is 0 Å². The van der Waals surface area contributed by atoms with Crippen LogP contribution in [0.4, 0.5) is 0 Å². The third kappa shape index (κ3) is 5.26. The van der Waals surface area contributed by atoms with Crippen molar-refractivity contribution in [1.82, 2.24) is 24.9 Å². The van der Waals surface area contributed by atoms with Crippen LogP contribution in [0.2, 0.25) is 0 Å². The summed E-state index contributed by atoms with van der Waals surface area (Å²) in [5.41, 5.74) is 9.02. The summed E-state index contributed by atoms with van der Waals surface area (Å²) in [6.07, 6.45) is 3.64. The average molecular weight is 580 g/mol. The van der Waals surface area contributed by atoms with Crippen molar-refractivity contribution in [1.29, 1.82) is 0 Å². The number of benzene rings is 5. The van der Waals surface area contributed by atoms with E-state index in [0.717, 1.165) is 55.6 Å². The zero-order chi connectivity index (χ0) is 30.0. The fourth-order valence-electron chi connectivity index (χ4n) is 5.44. The van der Waals surface area contributed by atoms with Gasteiger partial charge < -0.3 is 4.42 Å². The van der Waals surface area contributed by atoms with Crippen LogP contribution in [0.25, 0.3) is 79.0 Å². The second-order valence-electron chi connectivity index (χ2n) is 10.6. The van der Waals surface area contributed by atoms with E-state index < -0.39 is 0 Å². The smallest absolute Gasteiger partial charge is 0.227 e. The van der Waals surface area contributed by atoms with E-state index in [-0.39, 0.29) is 0 Å². The van der Waals surface area contributed by atoms with Gasteiger partial charge in [0.25, 0.3) is 0 Å². The maximum absolute atomic E-state index is 6.22. The molecule has 6 heteroatoms. The van der Waals surface area contributed by atoms with Crippen LogP contribution in [0, 0.1) is 0 Å². The lowest BCUT2D eigenvalue weighted by molar-refractivity contribution is 0.620. The van der Waals surface area contributed by atoms with Crippen molar-refractivity contribution in [2.24, 2.45) is 0 Å². The largest absolute Gasteiger partial charge is 0.436 e. The Bertz CT molecular complexity index is 2190. The first-order chi connectivity index (χ1) is 22.3. The minimum Gasteiger partial charge on any atom is -0.436 e. The van der Waals surface area contributed by atoms with Gasteiger partial charge in [0, 0.05) is 45.8 Å². The number of oxazole rings is 1. The topological polar surface area (TPSA) is 77.6 Å². The number of para-hydroxylation sites is 1. The zero-order valence-electron chi connectivity index (χ0n) is 24.1. The Hall–Kier alpha value is -6.27. The zero-order valence-corrected chi connectivity index (χ0v) is 24.1. The molecule has 212 valence electrons. The molecular formula is C39H25N5O. The van der Waals surface area contributed by atoms with Gasteiger partial charge in [-0.05, 0) is 53.6 Å². The minimum absolute atomic E-state index is 0.576. The average Bonchev–Trinajstić information content (AvgIpc) is 3.58.